The lowest BCUT2D eigenvalue weighted by molar-refractivity contribution is 0.0949. The first-order chi connectivity index (χ1) is 7.27. The summed E-state index contributed by atoms with van der Waals surface area (Å²) in [4.78, 5) is 4.95. The molecule has 0 bridgehead atoms. The second-order valence-electron chi connectivity index (χ2n) is 4.24. The van der Waals surface area contributed by atoms with Crippen LogP contribution in [0.3, 0.4) is 0 Å². The molecule has 1 aliphatic rings. The lowest BCUT2D eigenvalue weighted by Crippen LogP contribution is -2.54. The summed E-state index contributed by atoms with van der Waals surface area (Å²) in [5.41, 5.74) is 5.81. The molecule has 0 aromatic rings. The molecule has 1 atom stereocenters. The van der Waals surface area contributed by atoms with Gasteiger partial charge < -0.3 is 10.6 Å². The topological polar surface area (TPSA) is 32.5 Å². The number of nitrogens with two attached hydrogens (primary N) is 1. The first kappa shape index (κ1) is 13.3. The molecule has 1 unspecified atom stereocenters. The van der Waals surface area contributed by atoms with E-state index in [1.54, 1.807) is 0 Å². The van der Waals surface area contributed by atoms with Crippen LogP contribution in [-0.4, -0.2) is 67.1 Å². The zero-order chi connectivity index (χ0) is 11.1. The van der Waals surface area contributed by atoms with E-state index in [0.29, 0.717) is 6.04 Å². The third-order valence-electron chi connectivity index (χ3n) is 3.02. The van der Waals surface area contributed by atoms with Gasteiger partial charge in [0.15, 0.2) is 0 Å². The lowest BCUT2D eigenvalue weighted by atomic mass is 10.1. The Hall–Kier alpha value is 0.230. The fourth-order valence-corrected chi connectivity index (χ4v) is 2.70. The summed E-state index contributed by atoms with van der Waals surface area (Å²) in [7, 11) is 2.19. The van der Waals surface area contributed by atoms with Crippen LogP contribution in [0.5, 0.6) is 0 Å². The monoisotopic (exact) mass is 231 g/mol. The Balaban J connectivity index is 2.20. The van der Waals surface area contributed by atoms with Gasteiger partial charge in [-0.05, 0) is 31.5 Å². The van der Waals surface area contributed by atoms with E-state index in [9.17, 15) is 0 Å². The highest BCUT2D eigenvalue weighted by molar-refractivity contribution is 7.99. The van der Waals surface area contributed by atoms with Crippen molar-refractivity contribution in [2.75, 3.05) is 51.3 Å². The van der Waals surface area contributed by atoms with E-state index in [2.05, 4.69) is 23.8 Å². The van der Waals surface area contributed by atoms with Gasteiger partial charge in [-0.1, -0.05) is 6.92 Å². The molecule has 0 saturated carbocycles. The van der Waals surface area contributed by atoms with Crippen molar-refractivity contribution in [1.82, 2.24) is 9.80 Å². The van der Waals surface area contributed by atoms with Gasteiger partial charge in [0, 0.05) is 32.2 Å². The Morgan fingerprint density at radius 3 is 2.87 bits per heavy atom. The van der Waals surface area contributed by atoms with Crippen LogP contribution in [0.1, 0.15) is 13.3 Å². The van der Waals surface area contributed by atoms with Gasteiger partial charge >= 0.3 is 0 Å². The van der Waals surface area contributed by atoms with Crippen molar-refractivity contribution in [3.8, 4) is 0 Å². The van der Waals surface area contributed by atoms with Crippen LogP contribution in [0.25, 0.3) is 0 Å². The molecule has 0 aromatic heterocycles. The van der Waals surface area contributed by atoms with E-state index in [4.69, 9.17) is 5.73 Å². The molecular formula is C11H25N3S. The summed E-state index contributed by atoms with van der Waals surface area (Å²) < 4.78 is 0. The summed E-state index contributed by atoms with van der Waals surface area (Å²) in [6.07, 6.45) is 1.30. The molecule has 1 saturated heterocycles. The van der Waals surface area contributed by atoms with Gasteiger partial charge in [-0.3, -0.25) is 4.90 Å². The molecule has 0 radical (unpaired) electrons. The maximum atomic E-state index is 5.81. The van der Waals surface area contributed by atoms with Crippen LogP contribution in [0.15, 0.2) is 0 Å². The summed E-state index contributed by atoms with van der Waals surface area (Å²) >= 11 is 2.04. The van der Waals surface area contributed by atoms with Crippen molar-refractivity contribution in [3.05, 3.63) is 0 Å². The molecule has 2 N–H and O–H groups in total. The highest BCUT2D eigenvalue weighted by Crippen LogP contribution is 2.09. The fraction of sp³-hybridized carbons (Fsp3) is 1.00. The van der Waals surface area contributed by atoms with Gasteiger partial charge in [-0.2, -0.15) is 11.8 Å². The first-order valence-electron chi connectivity index (χ1n) is 5.98. The van der Waals surface area contributed by atoms with Gasteiger partial charge in [0.05, 0.1) is 0 Å². The zero-order valence-corrected chi connectivity index (χ0v) is 10.9. The number of rotatable bonds is 6. The fourth-order valence-electron chi connectivity index (χ4n) is 2.08. The predicted molar refractivity (Wildman–Crippen MR) is 69.5 cm³/mol. The summed E-state index contributed by atoms with van der Waals surface area (Å²) in [6, 6.07) is 0.579. The quantitative estimate of drug-likeness (QED) is 0.682. The molecule has 1 heterocycles. The third-order valence-corrected chi connectivity index (χ3v) is 4.00. The number of hydrogen-bond acceptors (Lipinski definition) is 4. The smallest absolute Gasteiger partial charge is 0.0346 e. The summed E-state index contributed by atoms with van der Waals surface area (Å²) in [5, 5.41) is 0. The molecule has 0 amide bonds. The number of likely N-dealkylation sites (N-methyl/N-ethyl adjacent to an activating group) is 1. The highest BCUT2D eigenvalue weighted by atomic mass is 32.2. The molecule has 15 heavy (non-hydrogen) atoms. The Morgan fingerprint density at radius 1 is 1.40 bits per heavy atom. The summed E-state index contributed by atoms with van der Waals surface area (Å²) in [6.45, 7) is 7.77. The Labute approximate surface area is 98.4 Å². The highest BCUT2D eigenvalue weighted by Gasteiger charge is 2.22. The van der Waals surface area contributed by atoms with E-state index in [1.807, 2.05) is 11.8 Å². The minimum atomic E-state index is 0.579. The Bertz CT molecular complexity index is 166. The molecule has 0 spiro atoms. The average molecular weight is 231 g/mol. The molecular weight excluding hydrogens is 206 g/mol. The van der Waals surface area contributed by atoms with E-state index in [0.717, 1.165) is 13.1 Å². The second kappa shape index (κ2) is 7.49. The van der Waals surface area contributed by atoms with Crippen molar-refractivity contribution < 1.29 is 0 Å². The van der Waals surface area contributed by atoms with E-state index < -0.39 is 0 Å². The van der Waals surface area contributed by atoms with Gasteiger partial charge in [0.2, 0.25) is 0 Å². The predicted octanol–water partition coefficient (Wildman–Crippen LogP) is 0.704. The third kappa shape index (κ3) is 4.72. The Kier molecular flexibility index (Phi) is 6.64. The van der Waals surface area contributed by atoms with E-state index in [-0.39, 0.29) is 0 Å². The lowest BCUT2D eigenvalue weighted by Gasteiger charge is -2.39. The van der Waals surface area contributed by atoms with Crippen LogP contribution in [0.2, 0.25) is 0 Å². The minimum Gasteiger partial charge on any atom is -0.329 e. The first-order valence-corrected chi connectivity index (χ1v) is 7.13. The molecule has 3 nitrogen and oxygen atoms in total. The Morgan fingerprint density at radius 2 is 2.20 bits per heavy atom. The van der Waals surface area contributed by atoms with Crippen LogP contribution in [-0.2, 0) is 0 Å². The van der Waals surface area contributed by atoms with Crippen molar-refractivity contribution in [3.63, 3.8) is 0 Å². The molecule has 0 aliphatic carbocycles. The number of thioether (sulfide) groups is 1. The normalized spacial score (nSPS) is 24.6. The summed E-state index contributed by atoms with van der Waals surface area (Å²) in [5.74, 6) is 2.53. The SMILES string of the molecule is CCSCCCN1CCN(C)CC1CN. The molecule has 0 aromatic carbocycles. The van der Waals surface area contributed by atoms with Crippen LogP contribution in [0.4, 0.5) is 0 Å². The van der Waals surface area contributed by atoms with Gasteiger partial charge in [0.25, 0.3) is 0 Å². The maximum Gasteiger partial charge on any atom is 0.0346 e. The van der Waals surface area contributed by atoms with Crippen LogP contribution >= 0.6 is 11.8 Å². The number of nitrogens with zero attached hydrogens (tertiary/aromatic N) is 2. The van der Waals surface area contributed by atoms with E-state index >= 15 is 0 Å². The molecule has 1 rings (SSSR count). The largest absolute Gasteiger partial charge is 0.329 e. The maximum absolute atomic E-state index is 5.81. The van der Waals surface area contributed by atoms with Crippen molar-refractivity contribution >= 4 is 11.8 Å². The van der Waals surface area contributed by atoms with E-state index in [1.165, 1.54) is 37.6 Å². The second-order valence-corrected chi connectivity index (χ2v) is 5.63. The number of hydrogen-bond donors (Lipinski definition) is 1. The molecule has 1 fully saturated rings. The van der Waals surface area contributed by atoms with Crippen molar-refractivity contribution in [2.45, 2.75) is 19.4 Å². The van der Waals surface area contributed by atoms with Crippen molar-refractivity contribution in [2.24, 2.45) is 5.73 Å². The van der Waals surface area contributed by atoms with Gasteiger partial charge in [-0.25, -0.2) is 0 Å². The molecule has 4 heteroatoms. The standard InChI is InChI=1S/C11H25N3S/c1-3-15-8-4-5-14-7-6-13(2)10-11(14)9-12/h11H,3-10,12H2,1-2H3. The minimum absolute atomic E-state index is 0.579. The van der Waals surface area contributed by atoms with Crippen molar-refractivity contribution in [1.29, 1.82) is 0 Å². The molecule has 90 valence electrons. The number of piperazine rings is 1. The zero-order valence-electron chi connectivity index (χ0n) is 10.1. The average Bonchev–Trinajstić information content (AvgIpc) is 2.26. The molecule has 1 aliphatic heterocycles. The van der Waals surface area contributed by atoms with Gasteiger partial charge in [0.1, 0.15) is 0 Å². The van der Waals surface area contributed by atoms with Crippen LogP contribution in [0, 0.1) is 0 Å². The van der Waals surface area contributed by atoms with Gasteiger partial charge in [-0.15, -0.1) is 0 Å². The van der Waals surface area contributed by atoms with Crippen LogP contribution < -0.4 is 5.73 Å².